The number of aromatic nitrogens is 5. The van der Waals surface area contributed by atoms with Crippen LogP contribution in [0.5, 0.6) is 0 Å². The molecule has 1 amide bonds. The number of fused-ring (bicyclic) bond motifs is 1. The number of carbonyl (C=O) groups excluding carboxylic acids is 1. The zero-order valence-corrected chi connectivity index (χ0v) is 20.2. The predicted octanol–water partition coefficient (Wildman–Crippen LogP) is 5.31. The predicted molar refractivity (Wildman–Crippen MR) is 141 cm³/mol. The van der Waals surface area contributed by atoms with E-state index in [0.717, 1.165) is 76.4 Å². The molecule has 180 valence electrons. The normalized spacial score (nSPS) is 11.1. The number of pyridine rings is 1. The molecule has 2 aromatic carbocycles. The van der Waals surface area contributed by atoms with E-state index in [1.54, 1.807) is 18.5 Å². The molecule has 0 unspecified atom stereocenters. The van der Waals surface area contributed by atoms with Crippen LogP contribution in [-0.4, -0.2) is 30.8 Å². The van der Waals surface area contributed by atoms with Crippen molar-refractivity contribution in [2.45, 2.75) is 39.0 Å². The highest BCUT2D eigenvalue weighted by molar-refractivity contribution is 5.92. The molecule has 0 radical (unpaired) electrons. The largest absolute Gasteiger partial charge is 0.366 e. The Morgan fingerprint density at radius 2 is 1.72 bits per heavy atom. The van der Waals surface area contributed by atoms with Crippen LogP contribution in [0.25, 0.3) is 33.7 Å². The van der Waals surface area contributed by atoms with E-state index in [-0.39, 0.29) is 0 Å². The fourth-order valence-corrected chi connectivity index (χ4v) is 4.30. The number of rotatable bonds is 9. The van der Waals surface area contributed by atoms with E-state index < -0.39 is 5.91 Å². The van der Waals surface area contributed by atoms with Crippen LogP contribution in [0.3, 0.4) is 0 Å². The molecule has 3 aromatic heterocycles. The van der Waals surface area contributed by atoms with Gasteiger partial charge in [0.2, 0.25) is 5.91 Å². The molecule has 5 rings (SSSR count). The number of nitrogens with zero attached hydrogens (tertiary/aromatic N) is 4. The molecule has 0 saturated heterocycles. The summed E-state index contributed by atoms with van der Waals surface area (Å²) in [7, 11) is 0. The van der Waals surface area contributed by atoms with Crippen LogP contribution in [0.2, 0.25) is 0 Å². The van der Waals surface area contributed by atoms with Gasteiger partial charge in [-0.1, -0.05) is 37.6 Å². The highest BCUT2D eigenvalue weighted by Crippen LogP contribution is 2.31. The Morgan fingerprint density at radius 3 is 2.56 bits per heavy atom. The lowest BCUT2D eigenvalue weighted by Crippen LogP contribution is -2.11. The number of carbonyl (C=O) groups is 1. The molecular weight excluding hydrogens is 448 g/mol. The third-order valence-corrected chi connectivity index (χ3v) is 6.21. The number of unbranched alkanes of at least 4 members (excludes halogenated alkanes) is 1. The summed E-state index contributed by atoms with van der Waals surface area (Å²) in [5.74, 6) is 0.428. The van der Waals surface area contributed by atoms with Crippen molar-refractivity contribution in [1.82, 2.24) is 24.9 Å². The number of hydrogen-bond donors (Lipinski definition) is 2. The lowest BCUT2D eigenvalue weighted by Gasteiger charge is -2.06. The van der Waals surface area contributed by atoms with Crippen molar-refractivity contribution < 1.29 is 4.79 Å². The van der Waals surface area contributed by atoms with Gasteiger partial charge in [-0.05, 0) is 61.2 Å². The van der Waals surface area contributed by atoms with E-state index in [1.165, 1.54) is 0 Å². The molecule has 0 bridgehead atoms. The summed E-state index contributed by atoms with van der Waals surface area (Å²) < 4.78 is 0. The Kier molecular flexibility index (Phi) is 6.80. The van der Waals surface area contributed by atoms with Crippen molar-refractivity contribution in [3.05, 3.63) is 95.7 Å². The van der Waals surface area contributed by atoms with Crippen molar-refractivity contribution in [1.29, 1.82) is 0 Å². The third-order valence-electron chi connectivity index (χ3n) is 6.21. The topological polar surface area (TPSA) is 110 Å². The highest BCUT2D eigenvalue weighted by atomic mass is 16.1. The molecular formula is C29H28N6O. The zero-order chi connectivity index (χ0) is 24.9. The Labute approximate surface area is 209 Å². The Hall–Kier alpha value is -4.39. The van der Waals surface area contributed by atoms with Crippen molar-refractivity contribution in [2.24, 2.45) is 5.73 Å². The van der Waals surface area contributed by atoms with Crippen LogP contribution in [-0.2, 0) is 19.3 Å². The van der Waals surface area contributed by atoms with Crippen LogP contribution < -0.4 is 5.73 Å². The molecule has 0 atom stereocenters. The minimum atomic E-state index is -0.423. The average molecular weight is 477 g/mol. The summed E-state index contributed by atoms with van der Waals surface area (Å²) in [6, 6.07) is 19.6. The quantitative estimate of drug-likeness (QED) is 0.300. The Balaban J connectivity index is 1.52. The van der Waals surface area contributed by atoms with E-state index in [1.807, 2.05) is 42.5 Å². The maximum atomic E-state index is 11.6. The van der Waals surface area contributed by atoms with Gasteiger partial charge in [0.15, 0.2) is 0 Å². The summed E-state index contributed by atoms with van der Waals surface area (Å²) in [5.41, 5.74) is 13.3. The van der Waals surface area contributed by atoms with Gasteiger partial charge in [0, 0.05) is 35.6 Å². The SMILES string of the molecule is CCCCc1cccc(-c2[nH]c(CCc3cccc(C(N)=O)c3)nc2-c2ccc3nccnc3c2)n1. The maximum Gasteiger partial charge on any atom is 0.248 e. The lowest BCUT2D eigenvalue weighted by atomic mass is 10.1. The minimum absolute atomic E-state index is 0.423. The van der Waals surface area contributed by atoms with Crippen LogP contribution >= 0.6 is 0 Å². The van der Waals surface area contributed by atoms with Crippen LogP contribution in [0.15, 0.2) is 73.1 Å². The molecule has 0 saturated carbocycles. The molecule has 7 nitrogen and oxygen atoms in total. The van der Waals surface area contributed by atoms with E-state index >= 15 is 0 Å². The number of nitrogens with two attached hydrogens (primary N) is 1. The number of H-pyrrole nitrogens is 1. The molecule has 0 aliphatic carbocycles. The zero-order valence-electron chi connectivity index (χ0n) is 20.2. The van der Waals surface area contributed by atoms with Gasteiger partial charge in [0.05, 0.1) is 28.1 Å². The number of amides is 1. The van der Waals surface area contributed by atoms with Crippen molar-refractivity contribution in [2.75, 3.05) is 0 Å². The van der Waals surface area contributed by atoms with Crippen molar-refractivity contribution in [3.8, 4) is 22.6 Å². The number of aromatic amines is 1. The van der Waals surface area contributed by atoms with Crippen molar-refractivity contribution >= 4 is 16.9 Å². The number of benzene rings is 2. The molecule has 0 spiro atoms. The number of primary amides is 1. The molecule has 7 heteroatoms. The second-order valence-electron chi connectivity index (χ2n) is 8.85. The highest BCUT2D eigenvalue weighted by Gasteiger charge is 2.17. The number of imidazole rings is 1. The first-order chi connectivity index (χ1) is 17.6. The van der Waals surface area contributed by atoms with Crippen LogP contribution in [0.1, 0.15) is 47.2 Å². The fraction of sp³-hybridized carbons (Fsp3) is 0.207. The Morgan fingerprint density at radius 1 is 0.889 bits per heavy atom. The molecule has 3 heterocycles. The van der Waals surface area contributed by atoms with E-state index in [9.17, 15) is 4.79 Å². The average Bonchev–Trinajstić information content (AvgIpc) is 3.35. The van der Waals surface area contributed by atoms with E-state index in [4.69, 9.17) is 15.7 Å². The Bertz CT molecular complexity index is 1520. The first-order valence-electron chi connectivity index (χ1n) is 12.3. The summed E-state index contributed by atoms with van der Waals surface area (Å²) >= 11 is 0. The van der Waals surface area contributed by atoms with Gasteiger partial charge in [0.25, 0.3) is 0 Å². The smallest absolute Gasteiger partial charge is 0.248 e. The van der Waals surface area contributed by atoms with Gasteiger partial charge in [-0.2, -0.15) is 0 Å². The molecule has 0 aliphatic heterocycles. The number of aryl methyl sites for hydroxylation is 3. The maximum absolute atomic E-state index is 11.6. The lowest BCUT2D eigenvalue weighted by molar-refractivity contribution is 0.1000. The first kappa shape index (κ1) is 23.4. The summed E-state index contributed by atoms with van der Waals surface area (Å²) in [6.45, 7) is 2.19. The number of hydrogen-bond acceptors (Lipinski definition) is 5. The first-order valence-corrected chi connectivity index (χ1v) is 12.3. The fourth-order valence-electron chi connectivity index (χ4n) is 4.30. The van der Waals surface area contributed by atoms with Gasteiger partial charge < -0.3 is 10.7 Å². The molecule has 5 aromatic rings. The van der Waals surface area contributed by atoms with Crippen molar-refractivity contribution in [3.63, 3.8) is 0 Å². The van der Waals surface area contributed by atoms with Crippen LogP contribution in [0.4, 0.5) is 0 Å². The summed E-state index contributed by atoms with van der Waals surface area (Å²) in [4.78, 5) is 33.9. The number of nitrogens with one attached hydrogen (secondary N) is 1. The van der Waals surface area contributed by atoms with Gasteiger partial charge in [-0.25, -0.2) is 4.98 Å². The molecule has 3 N–H and O–H groups in total. The second kappa shape index (κ2) is 10.5. The standard InChI is InChI=1S/C29H28N6O/c1-2-3-8-22-9-5-10-24(33-22)28-27(20-12-13-23-25(18-20)32-16-15-31-23)34-26(35-28)14-11-19-6-4-7-21(17-19)29(30)36/h4-7,9-10,12-13,15-18H,2-3,8,11,14H2,1H3,(H2,30,36)(H,34,35). The molecule has 36 heavy (non-hydrogen) atoms. The monoisotopic (exact) mass is 476 g/mol. The van der Waals surface area contributed by atoms with E-state index in [2.05, 4.69) is 34.0 Å². The van der Waals surface area contributed by atoms with Gasteiger partial charge in [-0.15, -0.1) is 0 Å². The summed E-state index contributed by atoms with van der Waals surface area (Å²) in [5, 5.41) is 0. The van der Waals surface area contributed by atoms with Crippen LogP contribution in [0, 0.1) is 0 Å². The van der Waals surface area contributed by atoms with Gasteiger partial charge in [0.1, 0.15) is 5.82 Å². The third kappa shape index (κ3) is 5.15. The molecule has 0 fully saturated rings. The minimum Gasteiger partial charge on any atom is -0.366 e. The van der Waals surface area contributed by atoms with Gasteiger partial charge >= 0.3 is 0 Å². The van der Waals surface area contributed by atoms with E-state index in [0.29, 0.717) is 12.0 Å². The second-order valence-corrected chi connectivity index (χ2v) is 8.85. The summed E-state index contributed by atoms with van der Waals surface area (Å²) in [6.07, 6.45) is 7.97. The van der Waals surface area contributed by atoms with Gasteiger partial charge in [-0.3, -0.25) is 19.7 Å². The molecule has 0 aliphatic rings.